The summed E-state index contributed by atoms with van der Waals surface area (Å²) in [6.07, 6.45) is 3.72. The molecular formula is C20H21N3O3. The van der Waals surface area contributed by atoms with Crippen molar-refractivity contribution in [2.24, 2.45) is 0 Å². The predicted octanol–water partition coefficient (Wildman–Crippen LogP) is 3.35. The highest BCUT2D eigenvalue weighted by Crippen LogP contribution is 2.25. The van der Waals surface area contributed by atoms with Crippen molar-refractivity contribution >= 4 is 23.3 Å². The molecule has 0 aliphatic rings. The first-order valence-electron chi connectivity index (χ1n) is 8.27. The Morgan fingerprint density at radius 1 is 1.08 bits per heavy atom. The Kier molecular flexibility index (Phi) is 4.50. The number of carbonyl (C=O) groups excluding carboxylic acids is 2. The lowest BCUT2D eigenvalue weighted by molar-refractivity contribution is -0.146. The van der Waals surface area contributed by atoms with Crippen LogP contribution in [0.2, 0.25) is 0 Å². The van der Waals surface area contributed by atoms with Crippen molar-refractivity contribution in [3.05, 3.63) is 65.5 Å². The third-order valence-corrected chi connectivity index (χ3v) is 4.41. The Balaban J connectivity index is 1.78. The largest absolute Gasteiger partial charge is 0.468 e. The molecule has 1 N–H and O–H groups in total. The third kappa shape index (κ3) is 3.31. The molecular weight excluding hydrogens is 330 g/mol. The van der Waals surface area contributed by atoms with Gasteiger partial charge in [-0.25, -0.2) is 4.98 Å². The van der Waals surface area contributed by atoms with E-state index >= 15 is 0 Å². The van der Waals surface area contributed by atoms with Gasteiger partial charge >= 0.3 is 5.97 Å². The summed E-state index contributed by atoms with van der Waals surface area (Å²) < 4.78 is 6.70. The molecule has 0 aliphatic carbocycles. The Labute approximate surface area is 151 Å². The Bertz CT molecular complexity index is 972. The summed E-state index contributed by atoms with van der Waals surface area (Å²) in [6, 6.07) is 10.8. The molecule has 0 saturated carbocycles. The quantitative estimate of drug-likeness (QED) is 0.732. The van der Waals surface area contributed by atoms with Crippen LogP contribution in [0, 0.1) is 6.92 Å². The minimum absolute atomic E-state index is 0.257. The van der Waals surface area contributed by atoms with Crippen molar-refractivity contribution in [2.75, 3.05) is 12.4 Å². The highest BCUT2D eigenvalue weighted by Gasteiger charge is 2.30. The minimum Gasteiger partial charge on any atom is -0.468 e. The van der Waals surface area contributed by atoms with Crippen molar-refractivity contribution in [1.29, 1.82) is 0 Å². The van der Waals surface area contributed by atoms with Crippen LogP contribution < -0.4 is 5.32 Å². The number of amides is 1. The molecule has 3 rings (SSSR count). The summed E-state index contributed by atoms with van der Waals surface area (Å²) in [7, 11) is 1.36. The van der Waals surface area contributed by atoms with E-state index in [1.807, 2.05) is 29.7 Å². The number of nitrogens with zero attached hydrogens (tertiary/aromatic N) is 2. The van der Waals surface area contributed by atoms with Crippen molar-refractivity contribution < 1.29 is 14.3 Å². The van der Waals surface area contributed by atoms with Crippen LogP contribution in [-0.4, -0.2) is 28.4 Å². The number of pyridine rings is 1. The maximum absolute atomic E-state index is 12.5. The number of anilines is 1. The number of rotatable bonds is 4. The average Bonchev–Trinajstić information content (AvgIpc) is 3.02. The fraction of sp³-hybridized carbons (Fsp3) is 0.250. The van der Waals surface area contributed by atoms with Gasteiger partial charge in [-0.1, -0.05) is 18.2 Å². The lowest BCUT2D eigenvalue weighted by Crippen LogP contribution is -2.30. The Hall–Kier alpha value is -3.15. The van der Waals surface area contributed by atoms with Gasteiger partial charge in [-0.2, -0.15) is 0 Å². The number of imidazole rings is 1. The second-order valence-corrected chi connectivity index (χ2v) is 6.75. The number of benzene rings is 1. The average molecular weight is 351 g/mol. The van der Waals surface area contributed by atoms with Crippen LogP contribution in [0.15, 0.2) is 48.8 Å². The smallest absolute Gasteiger partial charge is 0.315 e. The SMILES string of the molecule is COC(=O)C(C)(C)c1ccc(C(=O)Nc2cn3cc(C)ccc3n2)cc1. The second-order valence-electron chi connectivity index (χ2n) is 6.75. The molecule has 26 heavy (non-hydrogen) atoms. The molecule has 2 aromatic heterocycles. The Morgan fingerprint density at radius 3 is 2.42 bits per heavy atom. The number of methoxy groups -OCH3 is 1. The third-order valence-electron chi connectivity index (χ3n) is 4.41. The molecule has 0 aliphatic heterocycles. The molecule has 0 radical (unpaired) electrons. The van der Waals surface area contributed by atoms with Gasteiger partial charge in [-0.05, 0) is 50.1 Å². The van der Waals surface area contributed by atoms with Crippen LogP contribution in [0.3, 0.4) is 0 Å². The zero-order valence-corrected chi connectivity index (χ0v) is 15.2. The topological polar surface area (TPSA) is 72.7 Å². The van der Waals surface area contributed by atoms with E-state index in [-0.39, 0.29) is 11.9 Å². The van der Waals surface area contributed by atoms with Gasteiger partial charge in [-0.15, -0.1) is 0 Å². The van der Waals surface area contributed by atoms with Gasteiger partial charge in [0.15, 0.2) is 5.82 Å². The van der Waals surface area contributed by atoms with E-state index in [1.54, 1.807) is 44.3 Å². The van der Waals surface area contributed by atoms with Gasteiger partial charge in [-0.3, -0.25) is 9.59 Å². The van der Waals surface area contributed by atoms with Gasteiger partial charge in [0.2, 0.25) is 0 Å². The van der Waals surface area contributed by atoms with Crippen molar-refractivity contribution in [2.45, 2.75) is 26.2 Å². The summed E-state index contributed by atoms with van der Waals surface area (Å²) >= 11 is 0. The molecule has 6 nitrogen and oxygen atoms in total. The number of fused-ring (bicyclic) bond motifs is 1. The van der Waals surface area contributed by atoms with E-state index in [0.717, 1.165) is 16.8 Å². The summed E-state index contributed by atoms with van der Waals surface area (Å²) in [5, 5.41) is 2.80. The molecule has 0 spiro atoms. The van der Waals surface area contributed by atoms with Crippen LogP contribution >= 0.6 is 0 Å². The van der Waals surface area contributed by atoms with E-state index in [9.17, 15) is 9.59 Å². The fourth-order valence-corrected chi connectivity index (χ4v) is 2.76. The maximum atomic E-state index is 12.5. The molecule has 1 aromatic carbocycles. The van der Waals surface area contributed by atoms with E-state index in [1.165, 1.54) is 7.11 Å². The number of hydrogen-bond acceptors (Lipinski definition) is 4. The molecule has 1 amide bonds. The lowest BCUT2D eigenvalue weighted by atomic mass is 9.84. The van der Waals surface area contributed by atoms with E-state index < -0.39 is 5.41 Å². The first kappa shape index (κ1) is 17.7. The second kappa shape index (κ2) is 6.63. The molecule has 3 aromatic rings. The molecule has 0 atom stereocenters. The van der Waals surface area contributed by atoms with E-state index in [2.05, 4.69) is 10.3 Å². The fourth-order valence-electron chi connectivity index (χ4n) is 2.76. The molecule has 0 unspecified atom stereocenters. The first-order valence-corrected chi connectivity index (χ1v) is 8.27. The number of aromatic nitrogens is 2. The summed E-state index contributed by atoms with van der Waals surface area (Å²) in [4.78, 5) is 28.7. The summed E-state index contributed by atoms with van der Waals surface area (Å²) in [5.41, 5.74) is 2.37. The summed E-state index contributed by atoms with van der Waals surface area (Å²) in [5.74, 6) is -0.0955. The summed E-state index contributed by atoms with van der Waals surface area (Å²) in [6.45, 7) is 5.56. The van der Waals surface area contributed by atoms with Crippen LogP contribution in [0.1, 0.15) is 35.3 Å². The zero-order chi connectivity index (χ0) is 18.9. The molecule has 2 heterocycles. The number of nitrogens with one attached hydrogen (secondary N) is 1. The van der Waals surface area contributed by atoms with Crippen molar-refractivity contribution in [1.82, 2.24) is 9.38 Å². The number of aryl methyl sites for hydroxylation is 1. The number of hydrogen-bond donors (Lipinski definition) is 1. The number of carbonyl (C=O) groups is 2. The van der Waals surface area contributed by atoms with E-state index in [4.69, 9.17) is 4.74 Å². The predicted molar refractivity (Wildman–Crippen MR) is 99.4 cm³/mol. The Morgan fingerprint density at radius 2 is 1.77 bits per heavy atom. The van der Waals surface area contributed by atoms with Crippen LogP contribution in [-0.2, 0) is 14.9 Å². The van der Waals surface area contributed by atoms with Crippen LogP contribution in [0.25, 0.3) is 5.65 Å². The van der Waals surface area contributed by atoms with Gasteiger partial charge in [0.25, 0.3) is 5.91 Å². The first-order chi connectivity index (χ1) is 12.3. The van der Waals surface area contributed by atoms with E-state index in [0.29, 0.717) is 11.4 Å². The normalized spacial score (nSPS) is 11.4. The number of ether oxygens (including phenoxy) is 1. The van der Waals surface area contributed by atoms with Gasteiger partial charge in [0.1, 0.15) is 5.65 Å². The van der Waals surface area contributed by atoms with Crippen LogP contribution in [0.5, 0.6) is 0 Å². The maximum Gasteiger partial charge on any atom is 0.315 e. The van der Waals surface area contributed by atoms with Crippen LogP contribution in [0.4, 0.5) is 5.82 Å². The molecule has 0 bridgehead atoms. The highest BCUT2D eigenvalue weighted by molar-refractivity contribution is 6.04. The van der Waals surface area contributed by atoms with Gasteiger partial charge < -0.3 is 14.5 Å². The standard InChI is InChI=1S/C20H21N3O3/c1-13-5-10-17-21-16(12-23(17)11-13)22-18(24)14-6-8-15(9-7-14)20(2,3)19(25)26-4/h5-12H,1-4H3,(H,22,24). The zero-order valence-electron chi connectivity index (χ0n) is 15.2. The molecule has 0 fully saturated rings. The van der Waals surface area contributed by atoms with Crippen molar-refractivity contribution in [3.63, 3.8) is 0 Å². The molecule has 6 heteroatoms. The number of esters is 1. The van der Waals surface area contributed by atoms with Gasteiger partial charge in [0, 0.05) is 11.8 Å². The van der Waals surface area contributed by atoms with Crippen molar-refractivity contribution in [3.8, 4) is 0 Å². The molecule has 0 saturated heterocycles. The molecule has 134 valence electrons. The van der Waals surface area contributed by atoms with Gasteiger partial charge in [0.05, 0.1) is 18.7 Å². The monoisotopic (exact) mass is 351 g/mol. The highest BCUT2D eigenvalue weighted by atomic mass is 16.5. The lowest BCUT2D eigenvalue weighted by Gasteiger charge is -2.22. The minimum atomic E-state index is -0.775.